The van der Waals surface area contributed by atoms with Crippen molar-refractivity contribution in [3.63, 3.8) is 0 Å². The van der Waals surface area contributed by atoms with Crippen LogP contribution in [0, 0.1) is 0 Å². The van der Waals surface area contributed by atoms with E-state index in [9.17, 15) is 9.59 Å². The number of rotatable bonds is 11. The van der Waals surface area contributed by atoms with Crippen molar-refractivity contribution in [2.75, 3.05) is 6.54 Å². The first-order valence-corrected chi connectivity index (χ1v) is 9.60. The highest BCUT2D eigenvalue weighted by atomic mass is 16.2. The Morgan fingerprint density at radius 2 is 1.21 bits per heavy atom. The van der Waals surface area contributed by atoms with Crippen LogP contribution in [0.3, 0.4) is 0 Å². The molecule has 146 valence electrons. The van der Waals surface area contributed by atoms with Gasteiger partial charge in [0.15, 0.2) is 11.6 Å². The molecule has 28 heavy (non-hydrogen) atoms. The summed E-state index contributed by atoms with van der Waals surface area (Å²) < 4.78 is 0. The van der Waals surface area contributed by atoms with Crippen molar-refractivity contribution in [2.24, 2.45) is 11.5 Å². The number of carbonyl (C=O) groups is 2. The first-order chi connectivity index (χ1) is 13.6. The summed E-state index contributed by atoms with van der Waals surface area (Å²) in [5.41, 5.74) is 12.1. The number of benzene rings is 2. The Morgan fingerprint density at radius 1 is 0.750 bits per heavy atom. The molecule has 0 aliphatic rings. The monoisotopic (exact) mass is 376 g/mol. The summed E-state index contributed by atoms with van der Waals surface area (Å²) in [6, 6.07) is 18.9. The summed E-state index contributed by atoms with van der Waals surface area (Å²) in [4.78, 5) is 25.7. The Labute approximate surface area is 166 Å². The van der Waals surface area contributed by atoms with E-state index in [-0.39, 0.29) is 11.6 Å². The summed E-state index contributed by atoms with van der Waals surface area (Å²) in [5.74, 6) is -0.765. The molecule has 0 aliphatic heterocycles. The molecular weight excluding hydrogens is 348 g/mol. The number of hydrogen-bond donors (Lipinski definition) is 2. The third kappa shape index (κ3) is 6.41. The summed E-state index contributed by atoms with van der Waals surface area (Å²) in [6.45, 7) is 0.585. The van der Waals surface area contributed by atoms with E-state index in [1.807, 2.05) is 60.7 Å². The summed E-state index contributed by atoms with van der Waals surface area (Å²) in [5, 5.41) is 0. The number of carbonyl (C=O) groups excluding carboxylic acids is 2. The van der Waals surface area contributed by atoms with Gasteiger partial charge in [0.05, 0.1) is 0 Å². The van der Waals surface area contributed by atoms with Crippen LogP contribution in [-0.4, -0.2) is 23.7 Å². The van der Waals surface area contributed by atoms with Gasteiger partial charge in [-0.1, -0.05) is 85.7 Å². The molecule has 2 rings (SSSR count). The average Bonchev–Trinajstić information content (AvgIpc) is 2.74. The zero-order valence-corrected chi connectivity index (χ0v) is 16.1. The summed E-state index contributed by atoms with van der Waals surface area (Å²) in [6.07, 6.45) is 8.85. The molecule has 0 heterocycles. The SMILES string of the molecule is NCCCCCC(N)(C(=O)C=Cc1ccccc1)C(=O)C=Cc1ccccc1. The van der Waals surface area contributed by atoms with Crippen molar-refractivity contribution in [3.8, 4) is 0 Å². The minimum atomic E-state index is -1.56. The second-order valence-electron chi connectivity index (χ2n) is 6.79. The lowest BCUT2D eigenvalue weighted by Crippen LogP contribution is -2.53. The van der Waals surface area contributed by atoms with E-state index in [0.29, 0.717) is 19.4 Å². The van der Waals surface area contributed by atoms with Gasteiger partial charge < -0.3 is 11.5 Å². The van der Waals surface area contributed by atoms with Crippen molar-refractivity contribution < 1.29 is 9.59 Å². The molecule has 2 aromatic carbocycles. The maximum absolute atomic E-state index is 12.9. The van der Waals surface area contributed by atoms with Gasteiger partial charge in [0, 0.05) is 0 Å². The van der Waals surface area contributed by atoms with Gasteiger partial charge >= 0.3 is 0 Å². The molecule has 0 spiro atoms. The molecule has 2 aromatic rings. The number of unbranched alkanes of at least 4 members (excludes halogenated alkanes) is 2. The predicted octanol–water partition coefficient (Wildman–Crippen LogP) is 3.77. The molecule has 0 aliphatic carbocycles. The van der Waals surface area contributed by atoms with Crippen LogP contribution in [0.4, 0.5) is 0 Å². The fraction of sp³-hybridized carbons (Fsp3) is 0.250. The number of nitrogens with two attached hydrogens (primary N) is 2. The number of hydrogen-bond acceptors (Lipinski definition) is 4. The Bertz CT molecular complexity index is 750. The van der Waals surface area contributed by atoms with Crippen LogP contribution in [0.1, 0.15) is 36.8 Å². The Balaban J connectivity index is 2.17. The van der Waals surface area contributed by atoms with E-state index in [0.717, 1.165) is 24.0 Å². The summed E-state index contributed by atoms with van der Waals surface area (Å²) in [7, 11) is 0. The van der Waals surface area contributed by atoms with Gasteiger partial charge in [-0.2, -0.15) is 0 Å². The normalized spacial score (nSPS) is 13.6. The quantitative estimate of drug-likeness (QED) is 0.355. The van der Waals surface area contributed by atoms with E-state index in [4.69, 9.17) is 11.5 Å². The van der Waals surface area contributed by atoms with E-state index in [1.54, 1.807) is 12.2 Å². The average molecular weight is 377 g/mol. The fourth-order valence-corrected chi connectivity index (χ4v) is 2.86. The number of ketones is 2. The highest BCUT2D eigenvalue weighted by molar-refractivity contribution is 6.21. The van der Waals surface area contributed by atoms with Crippen molar-refractivity contribution in [1.29, 1.82) is 0 Å². The lowest BCUT2D eigenvalue weighted by Gasteiger charge is -2.24. The van der Waals surface area contributed by atoms with Crippen LogP contribution >= 0.6 is 0 Å². The standard InChI is InChI=1S/C24H28N2O2/c25-19-9-3-8-18-24(26,22(27)16-14-20-10-4-1-5-11-20)23(28)17-15-21-12-6-2-7-13-21/h1-2,4-7,10-17H,3,8-9,18-19,25-26H2. The van der Waals surface area contributed by atoms with Crippen molar-refractivity contribution in [1.82, 2.24) is 0 Å². The van der Waals surface area contributed by atoms with Gasteiger partial charge in [0.1, 0.15) is 5.54 Å². The van der Waals surface area contributed by atoms with Crippen LogP contribution in [0.15, 0.2) is 72.8 Å². The molecule has 0 atom stereocenters. The van der Waals surface area contributed by atoms with Crippen molar-refractivity contribution in [2.45, 2.75) is 31.2 Å². The molecule has 0 bridgehead atoms. The van der Waals surface area contributed by atoms with Gasteiger partial charge in [-0.15, -0.1) is 0 Å². The maximum atomic E-state index is 12.9. The Kier molecular flexibility index (Phi) is 8.53. The van der Waals surface area contributed by atoms with E-state index in [2.05, 4.69) is 0 Å². The molecule has 0 saturated carbocycles. The molecule has 0 fully saturated rings. The summed E-state index contributed by atoms with van der Waals surface area (Å²) >= 11 is 0. The smallest absolute Gasteiger partial charge is 0.183 e. The molecule has 4 N–H and O–H groups in total. The Hall–Kier alpha value is -2.82. The largest absolute Gasteiger partial charge is 0.330 e. The van der Waals surface area contributed by atoms with E-state index in [1.165, 1.54) is 12.2 Å². The molecular formula is C24H28N2O2. The zero-order chi connectivity index (χ0) is 20.2. The van der Waals surface area contributed by atoms with Crippen molar-refractivity contribution >= 4 is 23.7 Å². The second-order valence-corrected chi connectivity index (χ2v) is 6.79. The van der Waals surface area contributed by atoms with Gasteiger partial charge in [-0.05, 0) is 42.7 Å². The molecule has 0 saturated heterocycles. The van der Waals surface area contributed by atoms with Gasteiger partial charge in [-0.3, -0.25) is 9.59 Å². The lowest BCUT2D eigenvalue weighted by molar-refractivity contribution is -0.129. The van der Waals surface area contributed by atoms with Gasteiger partial charge in [0.25, 0.3) is 0 Å². The van der Waals surface area contributed by atoms with E-state index >= 15 is 0 Å². The lowest BCUT2D eigenvalue weighted by atomic mass is 9.83. The minimum Gasteiger partial charge on any atom is -0.330 e. The minimum absolute atomic E-state index is 0.295. The second kappa shape index (κ2) is 11.1. The Morgan fingerprint density at radius 3 is 1.64 bits per heavy atom. The first kappa shape index (κ1) is 21.5. The van der Waals surface area contributed by atoms with Gasteiger partial charge in [-0.25, -0.2) is 0 Å². The van der Waals surface area contributed by atoms with E-state index < -0.39 is 5.54 Å². The molecule has 0 amide bonds. The van der Waals surface area contributed by atoms with Crippen molar-refractivity contribution in [3.05, 3.63) is 83.9 Å². The van der Waals surface area contributed by atoms with Crippen LogP contribution in [0.2, 0.25) is 0 Å². The molecule has 4 heteroatoms. The molecule has 4 nitrogen and oxygen atoms in total. The fourth-order valence-electron chi connectivity index (χ4n) is 2.86. The molecule has 0 radical (unpaired) electrons. The third-order valence-corrected chi connectivity index (χ3v) is 4.61. The van der Waals surface area contributed by atoms with Crippen LogP contribution in [0.25, 0.3) is 12.2 Å². The van der Waals surface area contributed by atoms with Crippen LogP contribution in [0.5, 0.6) is 0 Å². The zero-order valence-electron chi connectivity index (χ0n) is 16.1. The molecule has 0 aromatic heterocycles. The van der Waals surface area contributed by atoms with Gasteiger partial charge in [0.2, 0.25) is 0 Å². The topological polar surface area (TPSA) is 86.2 Å². The first-order valence-electron chi connectivity index (χ1n) is 9.60. The highest BCUT2D eigenvalue weighted by Crippen LogP contribution is 2.18. The van der Waals surface area contributed by atoms with Crippen LogP contribution in [-0.2, 0) is 9.59 Å². The highest BCUT2D eigenvalue weighted by Gasteiger charge is 2.37. The maximum Gasteiger partial charge on any atom is 0.183 e. The van der Waals surface area contributed by atoms with Crippen LogP contribution < -0.4 is 11.5 Å². The molecule has 0 unspecified atom stereocenters. The predicted molar refractivity (Wildman–Crippen MR) is 115 cm³/mol. The third-order valence-electron chi connectivity index (χ3n) is 4.61.